The molecule has 0 fully saturated rings. The molecule has 0 aliphatic rings. The lowest BCUT2D eigenvalue weighted by Crippen LogP contribution is -1.99. The van der Waals surface area contributed by atoms with Gasteiger partial charge in [-0.05, 0) is 5.56 Å². The topological polar surface area (TPSA) is 47.6 Å². The summed E-state index contributed by atoms with van der Waals surface area (Å²) < 4.78 is 0. The lowest BCUT2D eigenvalue weighted by atomic mass is 10.2. The highest BCUT2D eigenvalue weighted by Gasteiger charge is 1.87. The Labute approximate surface area is 71.8 Å². The van der Waals surface area contributed by atoms with Gasteiger partial charge in [-0.3, -0.25) is 0 Å². The van der Waals surface area contributed by atoms with Crippen molar-refractivity contribution >= 4 is 6.21 Å². The molecular weight excluding hydrogens is 152 g/mol. The van der Waals surface area contributed by atoms with Gasteiger partial charge in [0.15, 0.2) is 0 Å². The van der Waals surface area contributed by atoms with Crippen molar-refractivity contribution in [3.8, 4) is 0 Å². The van der Waals surface area contributed by atoms with Crippen molar-refractivity contribution in [2.45, 2.75) is 6.61 Å². The average Bonchev–Trinajstić information content (AvgIpc) is 2.14. The maximum Gasteiger partial charge on any atom is 0.142 e. The van der Waals surface area contributed by atoms with Gasteiger partial charge >= 0.3 is 0 Å². The molecule has 0 bridgehead atoms. The van der Waals surface area contributed by atoms with Crippen LogP contribution >= 0.6 is 0 Å². The third-order valence-electron chi connectivity index (χ3n) is 1.33. The van der Waals surface area contributed by atoms with E-state index in [4.69, 9.17) is 10.6 Å². The predicted molar refractivity (Wildman–Crippen MR) is 48.8 cm³/mol. The normalized spacial score (nSPS) is 10.4. The van der Waals surface area contributed by atoms with Gasteiger partial charge in [0.25, 0.3) is 0 Å². The summed E-state index contributed by atoms with van der Waals surface area (Å²) >= 11 is 0. The average molecular weight is 164 g/mol. The van der Waals surface area contributed by atoms with Gasteiger partial charge in [-0.1, -0.05) is 35.5 Å². The zero-order valence-electron chi connectivity index (χ0n) is 6.81. The molecule has 12 heavy (non-hydrogen) atoms. The third kappa shape index (κ3) is 3.16. The van der Waals surface area contributed by atoms with E-state index < -0.39 is 0 Å². The lowest BCUT2D eigenvalue weighted by molar-refractivity contribution is 0.131. The summed E-state index contributed by atoms with van der Waals surface area (Å²) in [5, 5.41) is 3.64. The molecule has 0 saturated heterocycles. The van der Waals surface area contributed by atoms with E-state index in [2.05, 4.69) is 5.16 Å². The van der Waals surface area contributed by atoms with Gasteiger partial charge in [-0.15, -0.1) is 0 Å². The number of hydrogen-bond acceptors (Lipinski definition) is 3. The number of benzene rings is 1. The zero-order valence-corrected chi connectivity index (χ0v) is 6.81. The molecule has 0 unspecified atom stereocenters. The number of nitrogens with zero attached hydrogens (tertiary/aromatic N) is 1. The van der Waals surface area contributed by atoms with Gasteiger partial charge in [-0.25, -0.2) is 0 Å². The summed E-state index contributed by atoms with van der Waals surface area (Å²) in [4.78, 5) is 4.95. The van der Waals surface area contributed by atoms with Crippen molar-refractivity contribution in [1.29, 1.82) is 0 Å². The van der Waals surface area contributed by atoms with Crippen molar-refractivity contribution in [3.63, 3.8) is 0 Å². The standard InChI is InChI=1S/C9H12N2O/c10-6-7-11-12-8-9-4-2-1-3-5-9/h1-5,7H,6,8,10H2/b11-7+. The van der Waals surface area contributed by atoms with Crippen molar-refractivity contribution in [1.82, 2.24) is 0 Å². The molecule has 1 rings (SSSR count). The Kier molecular flexibility index (Phi) is 3.88. The molecule has 0 saturated carbocycles. The van der Waals surface area contributed by atoms with Gasteiger partial charge in [0.1, 0.15) is 6.61 Å². The minimum Gasteiger partial charge on any atom is -0.391 e. The molecule has 0 aliphatic heterocycles. The molecule has 2 N–H and O–H groups in total. The second-order valence-corrected chi connectivity index (χ2v) is 2.28. The van der Waals surface area contributed by atoms with Crippen molar-refractivity contribution in [2.24, 2.45) is 10.9 Å². The van der Waals surface area contributed by atoms with Crippen LogP contribution < -0.4 is 5.73 Å². The van der Waals surface area contributed by atoms with E-state index in [0.717, 1.165) is 5.56 Å². The monoisotopic (exact) mass is 164 g/mol. The molecule has 0 heterocycles. The predicted octanol–water partition coefficient (Wildman–Crippen LogP) is 1.15. The minimum atomic E-state index is 0.411. The Bertz CT molecular complexity index is 234. The Morgan fingerprint density at radius 2 is 2.08 bits per heavy atom. The highest BCUT2D eigenvalue weighted by Crippen LogP contribution is 1.99. The van der Waals surface area contributed by atoms with E-state index in [9.17, 15) is 0 Å². The van der Waals surface area contributed by atoms with Crippen LogP contribution in [0, 0.1) is 0 Å². The summed E-state index contributed by atoms with van der Waals surface area (Å²) in [6.07, 6.45) is 1.53. The molecule has 0 amide bonds. The Morgan fingerprint density at radius 1 is 1.33 bits per heavy atom. The Balaban J connectivity index is 2.29. The number of hydrogen-bond donors (Lipinski definition) is 1. The van der Waals surface area contributed by atoms with Crippen LogP contribution in [0.5, 0.6) is 0 Å². The fraction of sp³-hybridized carbons (Fsp3) is 0.222. The Morgan fingerprint density at radius 3 is 2.75 bits per heavy atom. The lowest BCUT2D eigenvalue weighted by Gasteiger charge is -1.97. The molecule has 3 heteroatoms. The second-order valence-electron chi connectivity index (χ2n) is 2.28. The van der Waals surface area contributed by atoms with Crippen molar-refractivity contribution in [2.75, 3.05) is 6.54 Å². The number of oxime groups is 1. The van der Waals surface area contributed by atoms with E-state index in [1.54, 1.807) is 0 Å². The van der Waals surface area contributed by atoms with Gasteiger partial charge < -0.3 is 10.6 Å². The summed E-state index contributed by atoms with van der Waals surface area (Å²) in [6.45, 7) is 0.909. The molecule has 3 nitrogen and oxygen atoms in total. The molecule has 1 aromatic rings. The molecule has 0 atom stereocenters. The fourth-order valence-corrected chi connectivity index (χ4v) is 0.782. The minimum absolute atomic E-state index is 0.411. The fourth-order valence-electron chi connectivity index (χ4n) is 0.782. The summed E-state index contributed by atoms with van der Waals surface area (Å²) in [6, 6.07) is 9.86. The first-order chi connectivity index (χ1) is 5.93. The maximum atomic E-state index is 5.18. The molecule has 64 valence electrons. The van der Waals surface area contributed by atoms with Crippen LogP contribution in [-0.4, -0.2) is 12.8 Å². The van der Waals surface area contributed by atoms with Crippen LogP contribution in [0.2, 0.25) is 0 Å². The number of rotatable bonds is 4. The molecule has 0 radical (unpaired) electrons. The van der Waals surface area contributed by atoms with Crippen LogP contribution in [0.1, 0.15) is 5.56 Å². The molecular formula is C9H12N2O. The van der Waals surface area contributed by atoms with Crippen molar-refractivity contribution in [3.05, 3.63) is 35.9 Å². The largest absolute Gasteiger partial charge is 0.391 e. The van der Waals surface area contributed by atoms with Crippen LogP contribution in [-0.2, 0) is 11.4 Å². The second kappa shape index (κ2) is 5.32. The van der Waals surface area contributed by atoms with E-state index in [-0.39, 0.29) is 0 Å². The number of nitrogens with two attached hydrogens (primary N) is 1. The van der Waals surface area contributed by atoms with Crippen LogP contribution in [0.25, 0.3) is 0 Å². The zero-order chi connectivity index (χ0) is 8.65. The molecule has 1 aromatic carbocycles. The van der Waals surface area contributed by atoms with Gasteiger partial charge in [0.2, 0.25) is 0 Å². The van der Waals surface area contributed by atoms with E-state index in [1.807, 2.05) is 30.3 Å². The highest BCUT2D eigenvalue weighted by atomic mass is 16.6. The van der Waals surface area contributed by atoms with E-state index in [1.165, 1.54) is 6.21 Å². The third-order valence-corrected chi connectivity index (χ3v) is 1.33. The van der Waals surface area contributed by atoms with Gasteiger partial charge in [0, 0.05) is 6.54 Å². The first-order valence-corrected chi connectivity index (χ1v) is 3.81. The SMILES string of the molecule is NC/C=N/OCc1ccccc1. The quantitative estimate of drug-likeness (QED) is 0.536. The van der Waals surface area contributed by atoms with Crippen LogP contribution in [0.15, 0.2) is 35.5 Å². The van der Waals surface area contributed by atoms with Gasteiger partial charge in [0.05, 0.1) is 6.21 Å². The van der Waals surface area contributed by atoms with E-state index in [0.29, 0.717) is 13.2 Å². The van der Waals surface area contributed by atoms with Crippen LogP contribution in [0.4, 0.5) is 0 Å². The van der Waals surface area contributed by atoms with Gasteiger partial charge in [-0.2, -0.15) is 0 Å². The van der Waals surface area contributed by atoms with Crippen LogP contribution in [0.3, 0.4) is 0 Å². The highest BCUT2D eigenvalue weighted by molar-refractivity contribution is 5.58. The summed E-state index contributed by atoms with van der Waals surface area (Å²) in [5.41, 5.74) is 6.28. The smallest absolute Gasteiger partial charge is 0.142 e. The Hall–Kier alpha value is -1.35. The summed E-state index contributed by atoms with van der Waals surface area (Å²) in [5.74, 6) is 0. The van der Waals surface area contributed by atoms with Crippen molar-refractivity contribution < 1.29 is 4.84 Å². The van der Waals surface area contributed by atoms with E-state index >= 15 is 0 Å². The molecule has 0 aromatic heterocycles. The molecule has 0 spiro atoms. The molecule has 0 aliphatic carbocycles. The first kappa shape index (κ1) is 8.74. The summed E-state index contributed by atoms with van der Waals surface area (Å²) in [7, 11) is 0. The first-order valence-electron chi connectivity index (χ1n) is 3.81. The maximum absolute atomic E-state index is 5.18.